The lowest BCUT2D eigenvalue weighted by Crippen LogP contribution is -2.24. The first-order valence-corrected chi connectivity index (χ1v) is 7.11. The second kappa shape index (κ2) is 7.61. The molecule has 1 aromatic heterocycles. The average Bonchev–Trinajstić information content (AvgIpc) is 2.38. The van der Waals surface area contributed by atoms with E-state index in [4.69, 9.17) is 16.7 Å². The van der Waals surface area contributed by atoms with Gasteiger partial charge < -0.3 is 10.4 Å². The predicted octanol–water partition coefficient (Wildman–Crippen LogP) is 2.42. The normalized spacial score (nSPS) is 14.0. The molecule has 1 heterocycles. The van der Waals surface area contributed by atoms with Crippen LogP contribution in [0.2, 0.25) is 5.15 Å². The molecule has 4 nitrogen and oxygen atoms in total. The number of halogens is 1. The van der Waals surface area contributed by atoms with E-state index in [-0.39, 0.29) is 28.8 Å². The number of thioether (sulfide) groups is 1. The lowest BCUT2D eigenvalue weighted by atomic mass is 10.2. The highest BCUT2D eigenvalue weighted by Crippen LogP contribution is 2.20. The fourth-order valence-electron chi connectivity index (χ4n) is 1.15. The maximum Gasteiger partial charge on any atom is 0.237 e. The molecule has 0 radical (unpaired) electrons. The fourth-order valence-corrected chi connectivity index (χ4v) is 2.25. The molecule has 0 spiro atoms. The number of hydrogen-bond acceptors (Lipinski definition) is 4. The Labute approximate surface area is 116 Å². The van der Waals surface area contributed by atoms with Gasteiger partial charge in [-0.25, -0.2) is 4.98 Å². The highest BCUT2D eigenvalue weighted by atomic mass is 35.5. The molecule has 0 bridgehead atoms. The van der Waals surface area contributed by atoms with Gasteiger partial charge in [0.2, 0.25) is 5.91 Å². The molecule has 0 saturated carbocycles. The molecule has 0 saturated heterocycles. The van der Waals surface area contributed by atoms with Crippen molar-refractivity contribution < 1.29 is 9.90 Å². The lowest BCUT2D eigenvalue weighted by molar-refractivity contribution is -0.115. The third-order valence-electron chi connectivity index (χ3n) is 2.33. The number of pyridine rings is 1. The van der Waals surface area contributed by atoms with Gasteiger partial charge in [0.05, 0.1) is 10.9 Å². The van der Waals surface area contributed by atoms with Crippen molar-refractivity contribution in [2.45, 2.75) is 19.1 Å². The average molecular weight is 289 g/mol. The van der Waals surface area contributed by atoms with Gasteiger partial charge in [0.15, 0.2) is 5.15 Å². The number of nitrogens with zero attached hydrogens (tertiary/aromatic N) is 1. The second-order valence-electron chi connectivity index (χ2n) is 4.09. The Bertz CT molecular complexity index is 403. The number of amides is 1. The van der Waals surface area contributed by atoms with Crippen molar-refractivity contribution >= 4 is 35.0 Å². The summed E-state index contributed by atoms with van der Waals surface area (Å²) >= 11 is 7.36. The van der Waals surface area contributed by atoms with Crippen LogP contribution in [0.3, 0.4) is 0 Å². The summed E-state index contributed by atoms with van der Waals surface area (Å²) in [6, 6.07) is 3.42. The van der Waals surface area contributed by atoms with Crippen LogP contribution >= 0.6 is 23.4 Å². The van der Waals surface area contributed by atoms with E-state index in [2.05, 4.69) is 10.3 Å². The SMILES string of the molecule is C[C@H](CO)CS[C@@H](C)C(=O)Nc1cccnc1Cl. The topological polar surface area (TPSA) is 62.2 Å². The van der Waals surface area contributed by atoms with Crippen LogP contribution in [0.25, 0.3) is 0 Å². The van der Waals surface area contributed by atoms with Crippen molar-refractivity contribution in [3.8, 4) is 0 Å². The number of aliphatic hydroxyl groups is 1. The van der Waals surface area contributed by atoms with Crippen molar-refractivity contribution in [2.75, 3.05) is 17.7 Å². The molecule has 0 aliphatic heterocycles. The summed E-state index contributed by atoms with van der Waals surface area (Å²) in [4.78, 5) is 15.8. The van der Waals surface area contributed by atoms with Crippen LogP contribution in [0.4, 0.5) is 5.69 Å². The predicted molar refractivity (Wildman–Crippen MR) is 76.0 cm³/mol. The van der Waals surface area contributed by atoms with E-state index in [1.54, 1.807) is 18.3 Å². The van der Waals surface area contributed by atoms with Crippen LogP contribution in [-0.2, 0) is 4.79 Å². The van der Waals surface area contributed by atoms with Crippen molar-refractivity contribution in [1.82, 2.24) is 4.98 Å². The molecule has 6 heteroatoms. The Kier molecular flexibility index (Phi) is 6.46. The Morgan fingerprint density at radius 2 is 2.33 bits per heavy atom. The van der Waals surface area contributed by atoms with Gasteiger partial charge in [0.1, 0.15) is 0 Å². The van der Waals surface area contributed by atoms with Crippen molar-refractivity contribution in [3.63, 3.8) is 0 Å². The van der Waals surface area contributed by atoms with Gasteiger partial charge in [-0.05, 0) is 30.7 Å². The first-order chi connectivity index (χ1) is 8.54. The summed E-state index contributed by atoms with van der Waals surface area (Å²) in [5.74, 6) is 0.818. The van der Waals surface area contributed by atoms with Crippen molar-refractivity contribution in [1.29, 1.82) is 0 Å². The van der Waals surface area contributed by atoms with Crippen molar-refractivity contribution in [2.24, 2.45) is 5.92 Å². The van der Waals surface area contributed by atoms with Crippen LogP contribution in [0.5, 0.6) is 0 Å². The Morgan fingerprint density at radius 3 is 2.94 bits per heavy atom. The minimum atomic E-state index is -0.199. The molecule has 1 rings (SSSR count). The standard InChI is InChI=1S/C12H17ClN2O2S/c1-8(6-16)7-18-9(2)12(17)15-10-4-3-5-14-11(10)13/h3-5,8-9,16H,6-7H2,1-2H3,(H,15,17)/t8-,9+/m1/s1. The highest BCUT2D eigenvalue weighted by Gasteiger charge is 2.16. The molecular formula is C12H17ClN2O2S. The molecule has 0 aliphatic rings. The van der Waals surface area contributed by atoms with E-state index in [0.29, 0.717) is 5.69 Å². The van der Waals surface area contributed by atoms with E-state index >= 15 is 0 Å². The molecule has 0 fully saturated rings. The maximum absolute atomic E-state index is 11.9. The first-order valence-electron chi connectivity index (χ1n) is 5.68. The van der Waals surface area contributed by atoms with Gasteiger partial charge in [-0.15, -0.1) is 11.8 Å². The van der Waals surface area contributed by atoms with Gasteiger partial charge in [-0.1, -0.05) is 18.5 Å². The minimum absolute atomic E-state index is 0.111. The zero-order chi connectivity index (χ0) is 13.5. The third-order valence-corrected chi connectivity index (χ3v) is 4.11. The molecule has 1 amide bonds. The summed E-state index contributed by atoms with van der Waals surface area (Å²) in [7, 11) is 0. The molecule has 0 unspecified atom stereocenters. The largest absolute Gasteiger partial charge is 0.396 e. The van der Waals surface area contributed by atoms with Gasteiger partial charge in [-0.2, -0.15) is 0 Å². The molecule has 18 heavy (non-hydrogen) atoms. The quantitative estimate of drug-likeness (QED) is 0.789. The number of anilines is 1. The molecule has 2 atom stereocenters. The van der Waals surface area contributed by atoms with Gasteiger partial charge in [0, 0.05) is 12.8 Å². The Balaban J connectivity index is 2.48. The second-order valence-corrected chi connectivity index (χ2v) is 5.83. The Morgan fingerprint density at radius 1 is 1.61 bits per heavy atom. The zero-order valence-electron chi connectivity index (χ0n) is 10.4. The number of aliphatic hydroxyl groups excluding tert-OH is 1. The highest BCUT2D eigenvalue weighted by molar-refractivity contribution is 8.00. The molecule has 0 aromatic carbocycles. The molecule has 100 valence electrons. The number of rotatable bonds is 6. The van der Waals surface area contributed by atoms with E-state index in [1.165, 1.54) is 11.8 Å². The number of carbonyl (C=O) groups is 1. The number of hydrogen-bond donors (Lipinski definition) is 2. The van der Waals surface area contributed by atoms with Crippen LogP contribution in [-0.4, -0.2) is 33.6 Å². The van der Waals surface area contributed by atoms with Gasteiger partial charge in [-0.3, -0.25) is 4.79 Å². The van der Waals surface area contributed by atoms with Crippen LogP contribution in [0.1, 0.15) is 13.8 Å². The number of nitrogens with one attached hydrogen (secondary N) is 1. The lowest BCUT2D eigenvalue weighted by Gasteiger charge is -2.14. The third kappa shape index (κ3) is 4.84. The van der Waals surface area contributed by atoms with E-state index in [0.717, 1.165) is 5.75 Å². The number of carbonyl (C=O) groups excluding carboxylic acids is 1. The summed E-state index contributed by atoms with van der Waals surface area (Å²) in [6.45, 7) is 3.90. The molecule has 0 aliphatic carbocycles. The Hall–Kier alpha value is -0.780. The van der Waals surface area contributed by atoms with Crippen molar-refractivity contribution in [3.05, 3.63) is 23.5 Å². The summed E-state index contributed by atoms with van der Waals surface area (Å²) in [5.41, 5.74) is 0.520. The molecule has 2 N–H and O–H groups in total. The number of aromatic nitrogens is 1. The zero-order valence-corrected chi connectivity index (χ0v) is 12.0. The van der Waals surface area contributed by atoms with E-state index in [1.807, 2.05) is 13.8 Å². The summed E-state index contributed by atoms with van der Waals surface area (Å²) in [6.07, 6.45) is 1.57. The van der Waals surface area contributed by atoms with E-state index in [9.17, 15) is 4.79 Å². The van der Waals surface area contributed by atoms with Gasteiger partial charge >= 0.3 is 0 Å². The summed E-state index contributed by atoms with van der Waals surface area (Å²) < 4.78 is 0. The van der Waals surface area contributed by atoms with E-state index < -0.39 is 0 Å². The molecular weight excluding hydrogens is 272 g/mol. The smallest absolute Gasteiger partial charge is 0.237 e. The monoisotopic (exact) mass is 288 g/mol. The maximum atomic E-state index is 11.9. The fraction of sp³-hybridized carbons (Fsp3) is 0.500. The van der Waals surface area contributed by atoms with Crippen LogP contribution in [0.15, 0.2) is 18.3 Å². The molecule has 1 aromatic rings. The summed E-state index contributed by atoms with van der Waals surface area (Å²) in [5, 5.41) is 11.7. The van der Waals surface area contributed by atoms with Crippen LogP contribution < -0.4 is 5.32 Å². The van der Waals surface area contributed by atoms with Crippen LogP contribution in [0, 0.1) is 5.92 Å². The minimum Gasteiger partial charge on any atom is -0.396 e. The van der Waals surface area contributed by atoms with Gasteiger partial charge in [0.25, 0.3) is 0 Å². The first kappa shape index (κ1) is 15.3.